The van der Waals surface area contributed by atoms with E-state index in [4.69, 9.17) is 0 Å². The number of carbonyl (C=O) groups is 1. The zero-order chi connectivity index (χ0) is 16.5. The number of hydrogen-bond acceptors (Lipinski definition) is 4. The SMILES string of the molecule is C[C@@H](CN1CCCCC1)NC(=O)c1c[nH]c2ncc(C3CC3)nc12. The fourth-order valence-corrected chi connectivity index (χ4v) is 3.53. The van der Waals surface area contributed by atoms with Gasteiger partial charge in [0, 0.05) is 24.7 Å². The van der Waals surface area contributed by atoms with Crippen molar-refractivity contribution in [1.82, 2.24) is 25.2 Å². The van der Waals surface area contributed by atoms with Crippen LogP contribution in [0.4, 0.5) is 0 Å². The topological polar surface area (TPSA) is 73.9 Å². The summed E-state index contributed by atoms with van der Waals surface area (Å²) in [7, 11) is 0. The number of aromatic nitrogens is 3. The lowest BCUT2D eigenvalue weighted by atomic mass is 10.1. The maximum Gasteiger partial charge on any atom is 0.255 e. The molecule has 24 heavy (non-hydrogen) atoms. The first-order chi connectivity index (χ1) is 11.7. The van der Waals surface area contributed by atoms with Crippen molar-refractivity contribution in [2.24, 2.45) is 0 Å². The van der Waals surface area contributed by atoms with Crippen molar-refractivity contribution in [3.8, 4) is 0 Å². The first-order valence-electron chi connectivity index (χ1n) is 9.08. The van der Waals surface area contributed by atoms with E-state index in [-0.39, 0.29) is 11.9 Å². The number of rotatable bonds is 5. The van der Waals surface area contributed by atoms with Crippen LogP contribution in [-0.2, 0) is 0 Å². The molecule has 128 valence electrons. The highest BCUT2D eigenvalue weighted by atomic mass is 16.1. The van der Waals surface area contributed by atoms with Gasteiger partial charge in [-0.05, 0) is 45.7 Å². The maximum atomic E-state index is 12.7. The van der Waals surface area contributed by atoms with Crippen molar-refractivity contribution in [1.29, 1.82) is 0 Å². The number of fused-ring (bicyclic) bond motifs is 1. The molecule has 1 aliphatic heterocycles. The minimum atomic E-state index is -0.0620. The summed E-state index contributed by atoms with van der Waals surface area (Å²) in [5.41, 5.74) is 3.00. The van der Waals surface area contributed by atoms with Gasteiger partial charge in [0.2, 0.25) is 0 Å². The predicted octanol–water partition coefficient (Wildman–Crippen LogP) is 2.44. The van der Waals surface area contributed by atoms with Gasteiger partial charge in [-0.3, -0.25) is 4.79 Å². The number of hydrogen-bond donors (Lipinski definition) is 2. The summed E-state index contributed by atoms with van der Waals surface area (Å²) < 4.78 is 0. The molecule has 3 heterocycles. The Morgan fingerprint density at radius 2 is 2.17 bits per heavy atom. The molecule has 0 spiro atoms. The van der Waals surface area contributed by atoms with Crippen LogP contribution in [0.2, 0.25) is 0 Å². The molecule has 2 N–H and O–H groups in total. The molecule has 0 aromatic carbocycles. The number of nitrogens with zero attached hydrogens (tertiary/aromatic N) is 3. The molecule has 4 rings (SSSR count). The van der Waals surface area contributed by atoms with Crippen LogP contribution >= 0.6 is 0 Å². The van der Waals surface area contributed by atoms with Gasteiger partial charge in [0.1, 0.15) is 5.52 Å². The Kier molecular flexibility index (Phi) is 4.22. The Balaban J connectivity index is 1.45. The molecule has 2 aliphatic rings. The van der Waals surface area contributed by atoms with E-state index in [0.717, 1.165) is 25.3 Å². The third-order valence-corrected chi connectivity index (χ3v) is 5.00. The van der Waals surface area contributed by atoms with E-state index in [1.54, 1.807) is 6.20 Å². The van der Waals surface area contributed by atoms with Gasteiger partial charge in [-0.2, -0.15) is 0 Å². The average molecular weight is 327 g/mol. The molecule has 6 heteroatoms. The minimum absolute atomic E-state index is 0.0620. The molecule has 1 atom stereocenters. The second-order valence-corrected chi connectivity index (χ2v) is 7.20. The first-order valence-corrected chi connectivity index (χ1v) is 9.08. The Hall–Kier alpha value is -1.95. The van der Waals surface area contributed by atoms with Gasteiger partial charge in [0.25, 0.3) is 5.91 Å². The van der Waals surface area contributed by atoms with Crippen LogP contribution in [0.1, 0.15) is 61.0 Å². The van der Waals surface area contributed by atoms with Gasteiger partial charge in [-0.15, -0.1) is 0 Å². The summed E-state index contributed by atoms with van der Waals surface area (Å²) in [6.45, 7) is 5.27. The van der Waals surface area contributed by atoms with Gasteiger partial charge in [0.05, 0.1) is 17.5 Å². The van der Waals surface area contributed by atoms with Crippen molar-refractivity contribution < 1.29 is 4.79 Å². The quantitative estimate of drug-likeness (QED) is 0.884. The minimum Gasteiger partial charge on any atom is -0.348 e. The van der Waals surface area contributed by atoms with Crippen LogP contribution in [-0.4, -0.2) is 51.4 Å². The predicted molar refractivity (Wildman–Crippen MR) is 93.1 cm³/mol. The van der Waals surface area contributed by atoms with Gasteiger partial charge < -0.3 is 15.2 Å². The lowest BCUT2D eigenvalue weighted by molar-refractivity contribution is 0.0927. The number of nitrogens with one attached hydrogen (secondary N) is 2. The summed E-state index contributed by atoms with van der Waals surface area (Å²) in [5.74, 6) is 0.471. The molecule has 0 bridgehead atoms. The molecule has 6 nitrogen and oxygen atoms in total. The van der Waals surface area contributed by atoms with Crippen molar-refractivity contribution in [3.05, 3.63) is 23.7 Å². The number of likely N-dealkylation sites (tertiary alicyclic amines) is 1. The normalized spacial score (nSPS) is 20.2. The highest BCUT2D eigenvalue weighted by Crippen LogP contribution is 2.39. The summed E-state index contributed by atoms with van der Waals surface area (Å²) in [5, 5.41) is 3.12. The number of carbonyl (C=O) groups excluding carboxylic acids is 1. The van der Waals surface area contributed by atoms with E-state index >= 15 is 0 Å². The van der Waals surface area contributed by atoms with Crippen LogP contribution in [0.15, 0.2) is 12.4 Å². The Labute approximate surface area is 142 Å². The van der Waals surface area contributed by atoms with Crippen LogP contribution in [0.25, 0.3) is 11.2 Å². The smallest absolute Gasteiger partial charge is 0.255 e. The standard InChI is InChI=1S/C18H25N5O/c1-12(11-23-7-3-2-4-8-23)21-18(24)14-9-19-17-16(14)22-15(10-20-17)13-5-6-13/h9-10,12-13H,2-8,11H2,1H3,(H,19,20)(H,21,24)/t12-/m0/s1. The van der Waals surface area contributed by atoms with Crippen LogP contribution in [0.5, 0.6) is 0 Å². The second kappa shape index (κ2) is 6.51. The molecule has 0 radical (unpaired) electrons. The largest absolute Gasteiger partial charge is 0.348 e. The number of piperidine rings is 1. The first kappa shape index (κ1) is 15.6. The molecule has 1 aliphatic carbocycles. The fourth-order valence-electron chi connectivity index (χ4n) is 3.53. The molecule has 2 fully saturated rings. The van der Waals surface area contributed by atoms with Crippen molar-refractivity contribution in [2.45, 2.75) is 51.0 Å². The van der Waals surface area contributed by atoms with E-state index in [1.807, 2.05) is 6.20 Å². The molecule has 2 aromatic heterocycles. The van der Waals surface area contributed by atoms with Crippen LogP contribution < -0.4 is 5.32 Å². The van der Waals surface area contributed by atoms with Gasteiger partial charge in [-0.1, -0.05) is 6.42 Å². The van der Waals surface area contributed by atoms with Gasteiger partial charge in [-0.25, -0.2) is 9.97 Å². The molecular formula is C18H25N5O. The molecule has 0 unspecified atom stereocenters. The molecule has 2 aromatic rings. The van der Waals surface area contributed by atoms with Crippen molar-refractivity contribution in [2.75, 3.05) is 19.6 Å². The summed E-state index contributed by atoms with van der Waals surface area (Å²) in [4.78, 5) is 27.2. The number of aromatic amines is 1. The zero-order valence-electron chi connectivity index (χ0n) is 14.2. The molecule has 1 saturated carbocycles. The number of amides is 1. The van der Waals surface area contributed by atoms with Crippen LogP contribution in [0.3, 0.4) is 0 Å². The Morgan fingerprint density at radius 3 is 2.92 bits per heavy atom. The third-order valence-electron chi connectivity index (χ3n) is 5.00. The summed E-state index contributed by atoms with van der Waals surface area (Å²) in [6.07, 6.45) is 9.78. The van der Waals surface area contributed by atoms with E-state index in [2.05, 4.69) is 32.1 Å². The zero-order valence-corrected chi connectivity index (χ0v) is 14.2. The summed E-state index contributed by atoms with van der Waals surface area (Å²) in [6, 6.07) is 0.125. The van der Waals surface area contributed by atoms with E-state index in [1.165, 1.54) is 32.1 Å². The molecular weight excluding hydrogens is 302 g/mol. The lowest BCUT2D eigenvalue weighted by Gasteiger charge is -2.29. The van der Waals surface area contributed by atoms with E-state index in [0.29, 0.717) is 22.6 Å². The third kappa shape index (κ3) is 3.29. The fraction of sp³-hybridized carbons (Fsp3) is 0.611. The number of H-pyrrole nitrogens is 1. The summed E-state index contributed by atoms with van der Waals surface area (Å²) >= 11 is 0. The highest BCUT2D eigenvalue weighted by molar-refractivity contribution is 6.04. The Morgan fingerprint density at radius 1 is 1.38 bits per heavy atom. The van der Waals surface area contributed by atoms with Crippen molar-refractivity contribution in [3.63, 3.8) is 0 Å². The van der Waals surface area contributed by atoms with Gasteiger partial charge in [0.15, 0.2) is 5.65 Å². The highest BCUT2D eigenvalue weighted by Gasteiger charge is 2.26. The van der Waals surface area contributed by atoms with Gasteiger partial charge >= 0.3 is 0 Å². The lowest BCUT2D eigenvalue weighted by Crippen LogP contribution is -2.43. The monoisotopic (exact) mass is 327 g/mol. The molecule has 1 amide bonds. The van der Waals surface area contributed by atoms with E-state index in [9.17, 15) is 4.79 Å². The molecule has 1 saturated heterocycles. The van der Waals surface area contributed by atoms with E-state index < -0.39 is 0 Å². The van der Waals surface area contributed by atoms with Crippen LogP contribution in [0, 0.1) is 0 Å². The second-order valence-electron chi connectivity index (χ2n) is 7.20. The van der Waals surface area contributed by atoms with Crippen molar-refractivity contribution >= 4 is 17.1 Å². The average Bonchev–Trinajstić information content (AvgIpc) is 3.34. The Bertz CT molecular complexity index is 730. The maximum absolute atomic E-state index is 12.7.